The summed E-state index contributed by atoms with van der Waals surface area (Å²) in [6.07, 6.45) is 3.67. The molecule has 1 N–H and O–H groups in total. The second-order valence-electron chi connectivity index (χ2n) is 7.12. The van der Waals surface area contributed by atoms with E-state index in [1.54, 1.807) is 0 Å². The van der Waals surface area contributed by atoms with Gasteiger partial charge in [-0.05, 0) is 54.8 Å². The molecule has 1 aromatic heterocycles. The number of halogens is 1. The number of nitrogens with zero attached hydrogens (tertiary/aromatic N) is 3. The Labute approximate surface area is 158 Å². The van der Waals surface area contributed by atoms with E-state index in [1.165, 1.54) is 16.7 Å². The highest BCUT2D eigenvalue weighted by molar-refractivity contribution is 6.30. The minimum absolute atomic E-state index is 0.0310. The topological polar surface area (TPSA) is 56.7 Å². The summed E-state index contributed by atoms with van der Waals surface area (Å²) in [6, 6.07) is 9.62. The van der Waals surface area contributed by atoms with Crippen molar-refractivity contribution in [3.8, 4) is 0 Å². The van der Waals surface area contributed by atoms with E-state index in [9.17, 15) is 9.90 Å². The fourth-order valence-electron chi connectivity index (χ4n) is 4.15. The summed E-state index contributed by atoms with van der Waals surface area (Å²) < 4.78 is 0. The van der Waals surface area contributed by atoms with Gasteiger partial charge in [-0.15, -0.1) is 0 Å². The van der Waals surface area contributed by atoms with Crippen molar-refractivity contribution in [3.05, 3.63) is 63.9 Å². The van der Waals surface area contributed by atoms with Gasteiger partial charge in [-0.2, -0.15) is 0 Å². The summed E-state index contributed by atoms with van der Waals surface area (Å²) in [5, 5.41) is 10.3. The number of carbonyl (C=O) groups is 1. The van der Waals surface area contributed by atoms with Gasteiger partial charge in [-0.25, -0.2) is 0 Å². The van der Waals surface area contributed by atoms with Gasteiger partial charge in [-0.1, -0.05) is 23.7 Å². The van der Waals surface area contributed by atoms with Crippen LogP contribution in [-0.2, 0) is 17.6 Å². The first-order valence-electron chi connectivity index (χ1n) is 8.94. The molecule has 2 aromatic rings. The summed E-state index contributed by atoms with van der Waals surface area (Å²) in [6.45, 7) is 2.01. The molecule has 0 radical (unpaired) electrons. The number of likely N-dealkylation sites (N-methyl/N-ethyl adjacent to an activating group) is 1. The second kappa shape index (κ2) is 6.99. The van der Waals surface area contributed by atoms with Crippen LogP contribution in [0.2, 0.25) is 5.02 Å². The number of carboxylic acids is 1. The molecule has 26 heavy (non-hydrogen) atoms. The third-order valence-electron chi connectivity index (χ3n) is 5.58. The zero-order valence-corrected chi connectivity index (χ0v) is 15.5. The van der Waals surface area contributed by atoms with E-state index >= 15 is 0 Å². The maximum Gasteiger partial charge on any atom is 0.322 e. The van der Waals surface area contributed by atoms with Crippen LogP contribution in [0.15, 0.2) is 36.5 Å². The average molecular weight is 372 g/mol. The molecule has 0 spiro atoms. The third-order valence-corrected chi connectivity index (χ3v) is 5.81. The van der Waals surface area contributed by atoms with Gasteiger partial charge in [0.05, 0.1) is 11.7 Å². The van der Waals surface area contributed by atoms with Crippen LogP contribution in [-0.4, -0.2) is 58.6 Å². The zero-order valence-electron chi connectivity index (χ0n) is 14.7. The standard InChI is InChI=1S/C20H22ClN3O2/c1-23-9-10-24(12-17(23)20(25)26)19-16-7-6-15(21)11-14(16)5-4-13-3-2-8-22-18(13)19/h2-3,6-8,11,17,19H,4-5,9-10,12H2,1H3,(H,25,26). The zero-order chi connectivity index (χ0) is 18.3. The lowest BCUT2D eigenvalue weighted by Gasteiger charge is -2.41. The minimum atomic E-state index is -0.775. The van der Waals surface area contributed by atoms with E-state index in [-0.39, 0.29) is 6.04 Å². The molecule has 0 amide bonds. The van der Waals surface area contributed by atoms with Crippen molar-refractivity contribution in [2.45, 2.75) is 24.9 Å². The first kappa shape index (κ1) is 17.5. The number of hydrogen-bond donors (Lipinski definition) is 1. The minimum Gasteiger partial charge on any atom is -0.480 e. The summed E-state index contributed by atoms with van der Waals surface area (Å²) in [5.74, 6) is -0.775. The number of rotatable bonds is 2. The highest BCUT2D eigenvalue weighted by Gasteiger charge is 2.37. The van der Waals surface area contributed by atoms with Gasteiger partial charge >= 0.3 is 5.97 Å². The van der Waals surface area contributed by atoms with E-state index in [1.807, 2.05) is 36.3 Å². The van der Waals surface area contributed by atoms with Gasteiger partial charge in [0.15, 0.2) is 0 Å². The molecule has 136 valence electrons. The van der Waals surface area contributed by atoms with Gasteiger partial charge in [0, 0.05) is 30.9 Å². The van der Waals surface area contributed by atoms with Crippen molar-refractivity contribution >= 4 is 17.6 Å². The quantitative estimate of drug-likeness (QED) is 0.879. The smallest absolute Gasteiger partial charge is 0.322 e. The molecule has 2 atom stereocenters. The van der Waals surface area contributed by atoms with Crippen LogP contribution in [0, 0.1) is 0 Å². The molecular formula is C20H22ClN3O2. The maximum atomic E-state index is 11.7. The van der Waals surface area contributed by atoms with E-state index in [2.05, 4.69) is 17.0 Å². The molecule has 0 bridgehead atoms. The number of aromatic nitrogens is 1. The van der Waals surface area contributed by atoms with Crippen LogP contribution in [0.5, 0.6) is 0 Å². The predicted octanol–water partition coefficient (Wildman–Crippen LogP) is 2.62. The normalized spacial score (nSPS) is 23.8. The Bertz CT molecular complexity index is 842. The number of carboxylic acid groups (broad SMARTS) is 1. The summed E-state index contributed by atoms with van der Waals surface area (Å²) in [4.78, 5) is 20.6. The van der Waals surface area contributed by atoms with Crippen molar-refractivity contribution < 1.29 is 9.90 Å². The Morgan fingerprint density at radius 2 is 2.04 bits per heavy atom. The van der Waals surface area contributed by atoms with E-state index in [0.29, 0.717) is 6.54 Å². The Kier molecular flexibility index (Phi) is 4.69. The Hall–Kier alpha value is -1.95. The highest BCUT2D eigenvalue weighted by atomic mass is 35.5. The molecule has 5 nitrogen and oxygen atoms in total. The van der Waals surface area contributed by atoms with Crippen molar-refractivity contribution in [2.75, 3.05) is 26.7 Å². The third kappa shape index (κ3) is 3.11. The van der Waals surface area contributed by atoms with Gasteiger partial charge in [0.1, 0.15) is 6.04 Å². The van der Waals surface area contributed by atoms with Gasteiger partial charge in [0.25, 0.3) is 0 Å². The monoisotopic (exact) mass is 371 g/mol. The molecule has 6 heteroatoms. The lowest BCUT2D eigenvalue weighted by atomic mass is 9.95. The Morgan fingerprint density at radius 3 is 2.85 bits per heavy atom. The van der Waals surface area contributed by atoms with Crippen LogP contribution < -0.4 is 0 Å². The number of benzene rings is 1. The lowest BCUT2D eigenvalue weighted by molar-refractivity contribution is -0.145. The van der Waals surface area contributed by atoms with Crippen molar-refractivity contribution in [1.29, 1.82) is 0 Å². The van der Waals surface area contributed by atoms with Crippen molar-refractivity contribution in [3.63, 3.8) is 0 Å². The largest absolute Gasteiger partial charge is 0.480 e. The number of fused-ring (bicyclic) bond motifs is 2. The molecule has 1 aliphatic heterocycles. The first-order valence-corrected chi connectivity index (χ1v) is 9.31. The number of pyridine rings is 1. The molecule has 2 unspecified atom stereocenters. The SMILES string of the molecule is CN1CCN(C2c3ccc(Cl)cc3CCc3cccnc32)CC1C(=O)O. The first-order chi connectivity index (χ1) is 12.5. The summed E-state index contributed by atoms with van der Waals surface area (Å²) in [7, 11) is 1.88. The molecular weight excluding hydrogens is 350 g/mol. The summed E-state index contributed by atoms with van der Waals surface area (Å²) in [5.41, 5.74) is 4.70. The number of aliphatic carboxylic acids is 1. The average Bonchev–Trinajstić information content (AvgIpc) is 2.79. The predicted molar refractivity (Wildman–Crippen MR) is 101 cm³/mol. The van der Waals surface area contributed by atoms with Crippen LogP contribution in [0.3, 0.4) is 0 Å². The van der Waals surface area contributed by atoms with Crippen LogP contribution >= 0.6 is 11.6 Å². The fourth-order valence-corrected chi connectivity index (χ4v) is 4.34. The lowest BCUT2D eigenvalue weighted by Crippen LogP contribution is -2.55. The molecule has 1 saturated heterocycles. The molecule has 1 fully saturated rings. The highest BCUT2D eigenvalue weighted by Crippen LogP contribution is 2.37. The number of hydrogen-bond acceptors (Lipinski definition) is 4. The molecule has 0 saturated carbocycles. The van der Waals surface area contributed by atoms with Crippen molar-refractivity contribution in [1.82, 2.24) is 14.8 Å². The van der Waals surface area contributed by atoms with Crippen LogP contribution in [0.25, 0.3) is 0 Å². The van der Waals surface area contributed by atoms with E-state index in [4.69, 9.17) is 16.6 Å². The molecule has 1 aromatic carbocycles. The second-order valence-corrected chi connectivity index (χ2v) is 7.56. The van der Waals surface area contributed by atoms with Gasteiger partial charge < -0.3 is 5.11 Å². The molecule has 1 aliphatic carbocycles. The Morgan fingerprint density at radius 1 is 1.23 bits per heavy atom. The van der Waals surface area contributed by atoms with Crippen LogP contribution in [0.4, 0.5) is 0 Å². The van der Waals surface area contributed by atoms with Crippen molar-refractivity contribution in [2.24, 2.45) is 0 Å². The fraction of sp³-hybridized carbons (Fsp3) is 0.400. The van der Waals surface area contributed by atoms with E-state index in [0.717, 1.165) is 36.6 Å². The van der Waals surface area contributed by atoms with Gasteiger partial charge in [-0.3, -0.25) is 19.6 Å². The number of aryl methyl sites for hydroxylation is 2. The van der Waals surface area contributed by atoms with E-state index < -0.39 is 12.0 Å². The molecule has 2 aliphatic rings. The number of piperazine rings is 1. The maximum absolute atomic E-state index is 11.7. The van der Waals surface area contributed by atoms with Gasteiger partial charge in [0.2, 0.25) is 0 Å². The Balaban J connectivity index is 1.80. The molecule has 2 heterocycles. The van der Waals surface area contributed by atoms with Crippen LogP contribution in [0.1, 0.15) is 28.4 Å². The molecule has 4 rings (SSSR count). The summed E-state index contributed by atoms with van der Waals surface area (Å²) >= 11 is 6.24.